The summed E-state index contributed by atoms with van der Waals surface area (Å²) < 4.78 is 30.5. The zero-order valence-electron chi connectivity index (χ0n) is 40.2. The standard InChI is InChI=1S/C50H60N4O14S/c1-22-12-11-13-23(2)48(62)53-39-43(60)35-34(38-46(39)67-33-21-30(20-31(56)37(33)52-38)54-17-14-29(15-18-54)51-49(63)69-10)36-45(27(6)42(35)59)68-50(8,47(36)61)65-19-16-32(64-9)24(3)44(66-28(7)55)26(5)41(58)25(4)40(22)57/h11-13,16,19-22,24-26,29,32,40-41,44,57-59,61H,14-15,17-18H2,1-10H3,(H,51,63)(H,53,62)/b12-11+,19-16+,23-13-/t22-,24+,25+,26+,32-,40-,41+,44+,50-/m0/s1. The van der Waals surface area contributed by atoms with Gasteiger partial charge in [0.05, 0.1) is 35.2 Å². The molecule has 1 aromatic heterocycles. The summed E-state index contributed by atoms with van der Waals surface area (Å²) in [6.45, 7) is 13.5. The van der Waals surface area contributed by atoms with E-state index in [0.29, 0.717) is 31.6 Å². The number of hydrogen-bond acceptors (Lipinski definition) is 17. The number of allylic oxidation sites excluding steroid dienone is 2. The Morgan fingerprint density at radius 2 is 1.67 bits per heavy atom. The number of nitrogens with zero attached hydrogens (tertiary/aromatic N) is 2. The fourth-order valence-corrected chi connectivity index (χ4v) is 9.85. The molecule has 3 aliphatic rings. The van der Waals surface area contributed by atoms with E-state index in [2.05, 4.69) is 10.6 Å². The maximum absolute atomic E-state index is 14.9. The fraction of sp³-hybridized carbons (Fsp3) is 0.480. The zero-order chi connectivity index (χ0) is 50.4. The first-order valence-corrected chi connectivity index (χ1v) is 24.1. The van der Waals surface area contributed by atoms with Crippen molar-refractivity contribution >= 4 is 79.0 Å². The summed E-state index contributed by atoms with van der Waals surface area (Å²) in [5.41, 5.74) is -1.78. The largest absolute Gasteiger partial charge is 0.507 e. The Labute approximate surface area is 402 Å². The number of ether oxygens (including phenoxy) is 4. The number of anilines is 2. The van der Waals surface area contributed by atoms with Gasteiger partial charge in [0.15, 0.2) is 22.4 Å². The number of fused-ring (bicyclic) bond motifs is 2. The molecule has 18 nitrogen and oxygen atoms in total. The molecule has 4 bridgehead atoms. The predicted molar refractivity (Wildman–Crippen MR) is 262 cm³/mol. The third-order valence-electron chi connectivity index (χ3n) is 13.8. The Kier molecular flexibility index (Phi) is 14.7. The monoisotopic (exact) mass is 972 g/mol. The first-order valence-electron chi connectivity index (χ1n) is 22.8. The number of phenolic OH excluding ortho intramolecular Hbond substituents is 1. The number of esters is 1. The molecule has 2 amide bonds. The van der Waals surface area contributed by atoms with Crippen LogP contribution in [0.15, 0.2) is 62.3 Å². The Morgan fingerprint density at radius 1 is 0.971 bits per heavy atom. The van der Waals surface area contributed by atoms with Gasteiger partial charge < -0.3 is 59.3 Å². The average molecular weight is 973 g/mol. The number of nitrogens with one attached hydrogen (secondary N) is 2. The van der Waals surface area contributed by atoms with Gasteiger partial charge in [0.1, 0.15) is 28.8 Å². The molecule has 4 aromatic rings. The van der Waals surface area contributed by atoms with Crippen LogP contribution in [0.4, 0.5) is 16.2 Å². The van der Waals surface area contributed by atoms with Crippen molar-refractivity contribution in [3.63, 3.8) is 0 Å². The number of methoxy groups -OCH3 is 1. The van der Waals surface area contributed by atoms with Gasteiger partial charge >= 0.3 is 11.8 Å². The van der Waals surface area contributed by atoms with E-state index in [0.717, 1.165) is 11.8 Å². The maximum Gasteiger partial charge on any atom is 0.307 e. The van der Waals surface area contributed by atoms with Crippen molar-refractivity contribution in [3.8, 4) is 11.5 Å². The molecule has 0 saturated carbocycles. The van der Waals surface area contributed by atoms with Crippen LogP contribution < -0.4 is 36.3 Å². The van der Waals surface area contributed by atoms with Crippen molar-refractivity contribution in [2.45, 2.75) is 104 Å². The number of aromatic hydroxyl groups is 1. The molecule has 6 N–H and O–H groups in total. The number of rotatable bonds is 4. The third kappa shape index (κ3) is 9.61. The summed E-state index contributed by atoms with van der Waals surface area (Å²) in [4.78, 5) is 74.2. The Hall–Kier alpha value is -6.15. The van der Waals surface area contributed by atoms with Crippen molar-refractivity contribution in [1.82, 2.24) is 10.3 Å². The SMILES string of the molecule is CO[C@H]1/C=C/O[C@@]2(C)Oc3c(C)c(O)c4c(=O)c(c5oc6cc(N7CCC(NC(=O)SC)CC7)cc(=O)c6nc5c4c3=C2O)NC(=O)/C(C)=C\C=C\[C@H](C)[C@H](O)[C@@H](C)[C@@H](O)[C@@H](C)[C@H](OC(C)=O)[C@@H]1C. The highest BCUT2D eigenvalue weighted by molar-refractivity contribution is 8.12. The van der Waals surface area contributed by atoms with Crippen LogP contribution in [0.25, 0.3) is 38.7 Å². The number of carbonyl (C=O) groups is 3. The molecule has 1 fully saturated rings. The van der Waals surface area contributed by atoms with Gasteiger partial charge in [-0.1, -0.05) is 57.7 Å². The number of aliphatic hydroxyl groups is 3. The molecule has 0 radical (unpaired) electrons. The molecule has 19 heteroatoms. The van der Waals surface area contributed by atoms with E-state index >= 15 is 0 Å². The van der Waals surface area contributed by atoms with Crippen LogP contribution in [0.3, 0.4) is 0 Å². The first kappa shape index (κ1) is 50.7. The van der Waals surface area contributed by atoms with Crippen molar-refractivity contribution in [2.24, 2.45) is 23.7 Å². The second kappa shape index (κ2) is 20.1. The van der Waals surface area contributed by atoms with E-state index in [9.17, 15) is 44.4 Å². The number of thioether (sulfide) groups is 1. The van der Waals surface area contributed by atoms with Gasteiger partial charge in [-0.05, 0) is 39.0 Å². The van der Waals surface area contributed by atoms with Crippen molar-refractivity contribution in [1.29, 1.82) is 0 Å². The molecule has 9 atom stereocenters. The predicted octanol–water partition coefficient (Wildman–Crippen LogP) is 5.60. The van der Waals surface area contributed by atoms with Gasteiger partial charge in [0, 0.05) is 98.1 Å². The minimum Gasteiger partial charge on any atom is -0.507 e. The molecule has 0 unspecified atom stereocenters. The number of phenols is 1. The van der Waals surface area contributed by atoms with Crippen LogP contribution in [0.1, 0.15) is 66.9 Å². The number of amides is 2. The molecule has 4 heterocycles. The second-order valence-electron chi connectivity index (χ2n) is 18.4. The Balaban J connectivity index is 1.45. The van der Waals surface area contributed by atoms with Crippen LogP contribution in [-0.4, -0.2) is 105 Å². The molecular formula is C50H60N4O14S. The molecule has 3 aromatic carbocycles. The highest BCUT2D eigenvalue weighted by Crippen LogP contribution is 2.42. The number of hydrogen-bond donors (Lipinski definition) is 6. The van der Waals surface area contributed by atoms with E-state index < -0.39 is 93.8 Å². The Bertz CT molecular complexity index is 2980. The van der Waals surface area contributed by atoms with Gasteiger partial charge in [-0.3, -0.25) is 24.0 Å². The number of benzene rings is 3. The van der Waals surface area contributed by atoms with Crippen LogP contribution in [-0.2, 0) is 23.8 Å². The van der Waals surface area contributed by atoms with E-state index in [1.165, 1.54) is 59.3 Å². The average Bonchev–Trinajstić information content (AvgIpc) is 3.59. The maximum atomic E-state index is 14.9. The minimum atomic E-state index is -2.00. The lowest BCUT2D eigenvalue weighted by Crippen LogP contribution is -2.46. The molecule has 7 rings (SSSR count). The number of aromatic nitrogens is 1. The molecule has 0 spiro atoms. The number of piperidine rings is 1. The quantitative estimate of drug-likeness (QED) is 0.0826. The van der Waals surface area contributed by atoms with Crippen molar-refractivity contribution in [2.75, 3.05) is 36.7 Å². The minimum absolute atomic E-state index is 0.0182. The summed E-state index contributed by atoms with van der Waals surface area (Å²) in [5.74, 6) is -7.10. The normalized spacial score (nSPS) is 29.0. The highest BCUT2D eigenvalue weighted by atomic mass is 32.2. The topological polar surface area (TPSA) is 257 Å². The van der Waals surface area contributed by atoms with Gasteiger partial charge in [0.25, 0.3) is 11.1 Å². The van der Waals surface area contributed by atoms with E-state index in [-0.39, 0.29) is 66.4 Å². The van der Waals surface area contributed by atoms with Crippen LogP contribution in [0.2, 0.25) is 0 Å². The molecular weight excluding hydrogens is 913 g/mol. The lowest BCUT2D eigenvalue weighted by molar-refractivity contribution is -0.160. The summed E-state index contributed by atoms with van der Waals surface area (Å²) in [7, 11) is 1.44. The van der Waals surface area contributed by atoms with Crippen LogP contribution in [0.5, 0.6) is 11.5 Å². The van der Waals surface area contributed by atoms with Crippen LogP contribution in [0, 0.1) is 30.6 Å². The van der Waals surface area contributed by atoms with Gasteiger partial charge in [-0.25, -0.2) is 4.98 Å². The van der Waals surface area contributed by atoms with E-state index in [4.69, 9.17) is 28.3 Å². The van der Waals surface area contributed by atoms with Crippen molar-refractivity contribution in [3.05, 3.63) is 79.5 Å². The smallest absolute Gasteiger partial charge is 0.307 e. The first-order chi connectivity index (χ1) is 32.6. The summed E-state index contributed by atoms with van der Waals surface area (Å²) in [6, 6.07) is 2.98. The van der Waals surface area contributed by atoms with E-state index in [1.54, 1.807) is 52.2 Å². The fourth-order valence-electron chi connectivity index (χ4n) is 9.57. The summed E-state index contributed by atoms with van der Waals surface area (Å²) in [6.07, 6.45) is 6.38. The third-order valence-corrected chi connectivity index (χ3v) is 14.3. The Morgan fingerprint density at radius 3 is 2.32 bits per heavy atom. The lowest BCUT2D eigenvalue weighted by Gasteiger charge is -2.38. The lowest BCUT2D eigenvalue weighted by atomic mass is 9.78. The molecule has 0 aliphatic carbocycles. The molecule has 69 heavy (non-hydrogen) atoms. The molecule has 3 aliphatic heterocycles. The molecule has 1 saturated heterocycles. The van der Waals surface area contributed by atoms with Crippen molar-refractivity contribution < 1.29 is 58.2 Å². The molecule has 370 valence electrons. The summed E-state index contributed by atoms with van der Waals surface area (Å²) >= 11 is 1.10. The summed E-state index contributed by atoms with van der Waals surface area (Å²) in [5, 5.41) is 52.0. The number of carbonyl (C=O) groups excluding carboxylic acids is 3. The highest BCUT2D eigenvalue weighted by Gasteiger charge is 2.44. The van der Waals surface area contributed by atoms with Gasteiger partial charge in [0.2, 0.25) is 10.9 Å². The van der Waals surface area contributed by atoms with Gasteiger partial charge in [-0.2, -0.15) is 0 Å². The van der Waals surface area contributed by atoms with E-state index in [1.807, 2.05) is 4.90 Å². The zero-order valence-corrected chi connectivity index (χ0v) is 41.1. The number of aliphatic hydroxyl groups excluding tert-OH is 3. The second-order valence-corrected chi connectivity index (χ2v) is 19.2. The van der Waals surface area contributed by atoms with Crippen LogP contribution >= 0.6 is 11.8 Å². The van der Waals surface area contributed by atoms with Gasteiger partial charge in [-0.15, -0.1) is 0 Å².